The minimum atomic E-state index is 0.822. The normalized spacial score (nSPS) is 7.32. The standard InChI is InChI=1S/2C8H10.2C6H7N.3C3H8.4C2H6/c2*1-2-8-6-4-3-5-7-8;2*7-6-4-2-1-3-5-6;3*1-3-2;4*1-2/h2*3-7H,2H2,1H3;2*1-5H,7H2;3*3H2,1-2H3;4*1-2H3. The molecule has 0 aliphatic heterocycles. The van der Waals surface area contributed by atoms with Crippen LogP contribution in [0.1, 0.15) is 141 Å². The summed E-state index contributed by atoms with van der Waals surface area (Å²) < 4.78 is 0. The van der Waals surface area contributed by atoms with Crippen molar-refractivity contribution in [3.63, 3.8) is 0 Å². The molecule has 0 saturated heterocycles. The van der Waals surface area contributed by atoms with Gasteiger partial charge in [-0.05, 0) is 48.2 Å². The largest absolute Gasteiger partial charge is 0.399 e. The molecule has 47 heavy (non-hydrogen) atoms. The number of hydrogen-bond acceptors (Lipinski definition) is 2. The van der Waals surface area contributed by atoms with Crippen molar-refractivity contribution in [2.24, 2.45) is 0 Å². The Morgan fingerprint density at radius 3 is 0.532 bits per heavy atom. The molecular weight excluding hydrogens is 569 g/mol. The first-order valence-electron chi connectivity index (χ1n) is 18.6. The number of anilines is 2. The first-order valence-corrected chi connectivity index (χ1v) is 18.6. The second kappa shape index (κ2) is 65.2. The van der Waals surface area contributed by atoms with Crippen molar-refractivity contribution < 1.29 is 0 Å². The van der Waals surface area contributed by atoms with Crippen molar-refractivity contribution in [2.45, 2.75) is 143 Å². The minimum absolute atomic E-state index is 0.822. The van der Waals surface area contributed by atoms with Gasteiger partial charge in [0, 0.05) is 11.4 Å². The predicted molar refractivity (Wildman–Crippen MR) is 227 cm³/mol. The SMILES string of the molecule is CC.CC.CC.CC.CCC.CCC.CCC.CCc1ccccc1.CCc1ccccc1.Nc1ccccc1.Nc1ccccc1. The van der Waals surface area contributed by atoms with E-state index in [1.807, 2.05) is 128 Å². The summed E-state index contributed by atoms with van der Waals surface area (Å²) in [5.41, 5.74) is 15.2. The molecule has 0 aromatic heterocycles. The summed E-state index contributed by atoms with van der Waals surface area (Å²) in [6.45, 7) is 33.1. The Hall–Kier alpha value is -3.52. The van der Waals surface area contributed by atoms with Gasteiger partial charge in [-0.25, -0.2) is 0 Å². The van der Waals surface area contributed by atoms with Gasteiger partial charge in [0.1, 0.15) is 0 Å². The Bertz CT molecular complexity index is 827. The number of nitrogens with two attached hydrogens (primary N) is 2. The summed E-state index contributed by atoms with van der Waals surface area (Å²) in [6.07, 6.45) is 6.03. The molecule has 0 radical (unpaired) electrons. The Kier molecular flexibility index (Phi) is 81.8. The highest BCUT2D eigenvalue weighted by atomic mass is 14.5. The maximum atomic E-state index is 5.36. The van der Waals surface area contributed by atoms with E-state index in [1.54, 1.807) is 0 Å². The smallest absolute Gasteiger partial charge is 0.0313 e. The van der Waals surface area contributed by atoms with E-state index in [9.17, 15) is 0 Å². The average Bonchev–Trinajstić information content (AvgIpc) is 3.15. The number of aryl methyl sites for hydroxylation is 2. The van der Waals surface area contributed by atoms with Crippen LogP contribution in [0.2, 0.25) is 0 Å². The van der Waals surface area contributed by atoms with Gasteiger partial charge in [0.15, 0.2) is 0 Å². The second-order valence-corrected chi connectivity index (χ2v) is 8.62. The van der Waals surface area contributed by atoms with Gasteiger partial charge < -0.3 is 11.5 Å². The van der Waals surface area contributed by atoms with Gasteiger partial charge >= 0.3 is 0 Å². The van der Waals surface area contributed by atoms with Gasteiger partial charge in [-0.2, -0.15) is 0 Å². The molecule has 0 saturated carbocycles. The summed E-state index contributed by atoms with van der Waals surface area (Å²) >= 11 is 0. The summed E-state index contributed by atoms with van der Waals surface area (Å²) in [4.78, 5) is 0. The molecule has 2 nitrogen and oxygen atoms in total. The van der Waals surface area contributed by atoms with E-state index in [1.165, 1.54) is 30.4 Å². The van der Waals surface area contributed by atoms with Crippen LogP contribution in [0.15, 0.2) is 121 Å². The zero-order chi connectivity index (χ0) is 38.0. The van der Waals surface area contributed by atoms with E-state index in [0.717, 1.165) is 24.2 Å². The van der Waals surface area contributed by atoms with Crippen molar-refractivity contribution in [3.8, 4) is 0 Å². The molecule has 2 heteroatoms. The van der Waals surface area contributed by atoms with Gasteiger partial charge in [-0.1, -0.05) is 227 Å². The third-order valence-electron chi connectivity index (χ3n) is 4.10. The fourth-order valence-corrected chi connectivity index (χ4v) is 2.33. The first-order chi connectivity index (χ1) is 22.9. The topological polar surface area (TPSA) is 52.0 Å². The van der Waals surface area contributed by atoms with Crippen LogP contribution in [0.3, 0.4) is 0 Å². The third-order valence-corrected chi connectivity index (χ3v) is 4.10. The molecule has 0 bridgehead atoms. The van der Waals surface area contributed by atoms with Crippen LogP contribution in [0.5, 0.6) is 0 Å². The van der Waals surface area contributed by atoms with Crippen molar-refractivity contribution in [3.05, 3.63) is 132 Å². The predicted octanol–water partition coefficient (Wildman–Crippen LogP) is 15.4. The molecule has 0 fully saturated rings. The summed E-state index contributed by atoms with van der Waals surface area (Å²) in [6, 6.07) is 39.9. The van der Waals surface area contributed by atoms with Crippen LogP contribution in [-0.4, -0.2) is 0 Å². The zero-order valence-corrected chi connectivity index (χ0v) is 34.2. The van der Waals surface area contributed by atoms with Crippen molar-refractivity contribution in [1.82, 2.24) is 0 Å². The maximum Gasteiger partial charge on any atom is 0.0313 e. The number of rotatable bonds is 2. The van der Waals surface area contributed by atoms with Crippen molar-refractivity contribution in [1.29, 1.82) is 0 Å². The molecule has 272 valence electrons. The lowest BCUT2D eigenvalue weighted by molar-refractivity contribution is 1.09. The lowest BCUT2D eigenvalue weighted by Crippen LogP contribution is -1.79. The van der Waals surface area contributed by atoms with Crippen LogP contribution in [0.25, 0.3) is 0 Å². The molecule has 0 aliphatic rings. The molecule has 0 unspecified atom stereocenters. The van der Waals surface area contributed by atoms with Crippen LogP contribution in [-0.2, 0) is 12.8 Å². The van der Waals surface area contributed by atoms with Crippen LogP contribution >= 0.6 is 0 Å². The summed E-state index contributed by atoms with van der Waals surface area (Å²) in [5, 5.41) is 0. The van der Waals surface area contributed by atoms with E-state index >= 15 is 0 Å². The van der Waals surface area contributed by atoms with Crippen molar-refractivity contribution >= 4 is 11.4 Å². The highest BCUT2D eigenvalue weighted by Crippen LogP contribution is 1.98. The average molecular weight is 651 g/mol. The number of hydrogen-bond donors (Lipinski definition) is 2. The molecule has 0 aliphatic carbocycles. The van der Waals surface area contributed by atoms with E-state index in [2.05, 4.69) is 104 Å². The van der Waals surface area contributed by atoms with Crippen molar-refractivity contribution in [2.75, 3.05) is 11.5 Å². The fourth-order valence-electron chi connectivity index (χ4n) is 2.33. The molecule has 0 spiro atoms. The van der Waals surface area contributed by atoms with Crippen LogP contribution < -0.4 is 11.5 Å². The van der Waals surface area contributed by atoms with Gasteiger partial charge in [0.2, 0.25) is 0 Å². The third kappa shape index (κ3) is 66.0. The quantitative estimate of drug-likeness (QED) is 0.212. The minimum Gasteiger partial charge on any atom is -0.399 e. The Labute approximate surface area is 297 Å². The molecule has 4 aromatic rings. The number of para-hydroxylation sites is 2. The Morgan fingerprint density at radius 1 is 0.298 bits per heavy atom. The molecule has 0 heterocycles. The highest BCUT2D eigenvalue weighted by Gasteiger charge is 1.80. The Balaban J connectivity index is -0.0000000788. The van der Waals surface area contributed by atoms with Crippen LogP contribution in [0.4, 0.5) is 11.4 Å². The maximum absolute atomic E-state index is 5.36. The van der Waals surface area contributed by atoms with Gasteiger partial charge in [-0.3, -0.25) is 0 Å². The molecule has 0 amide bonds. The van der Waals surface area contributed by atoms with Gasteiger partial charge in [-0.15, -0.1) is 0 Å². The molecule has 0 atom stereocenters. The molecule has 4 aromatic carbocycles. The first kappa shape index (κ1) is 59.0. The second-order valence-electron chi connectivity index (χ2n) is 8.62. The van der Waals surface area contributed by atoms with E-state index in [4.69, 9.17) is 11.5 Å². The molecular formula is C45H82N2. The van der Waals surface area contributed by atoms with Gasteiger partial charge in [0.25, 0.3) is 0 Å². The fraction of sp³-hybridized carbons (Fsp3) is 0.467. The summed E-state index contributed by atoms with van der Waals surface area (Å²) in [7, 11) is 0. The summed E-state index contributed by atoms with van der Waals surface area (Å²) in [5.74, 6) is 0. The van der Waals surface area contributed by atoms with E-state index in [-0.39, 0.29) is 0 Å². The van der Waals surface area contributed by atoms with Gasteiger partial charge in [0.05, 0.1) is 0 Å². The Morgan fingerprint density at radius 2 is 0.447 bits per heavy atom. The number of benzene rings is 4. The van der Waals surface area contributed by atoms with E-state index < -0.39 is 0 Å². The highest BCUT2D eigenvalue weighted by molar-refractivity contribution is 5.36. The lowest BCUT2D eigenvalue weighted by atomic mass is 10.2. The number of nitrogen functional groups attached to an aromatic ring is 2. The monoisotopic (exact) mass is 651 g/mol. The zero-order valence-electron chi connectivity index (χ0n) is 34.2. The lowest BCUT2D eigenvalue weighted by Gasteiger charge is -1.89. The van der Waals surface area contributed by atoms with Crippen LogP contribution in [0, 0.1) is 0 Å². The molecule has 4 rings (SSSR count). The van der Waals surface area contributed by atoms with E-state index in [0.29, 0.717) is 0 Å². The molecule has 4 N–H and O–H groups in total.